The van der Waals surface area contributed by atoms with Crippen molar-refractivity contribution >= 4 is 11.3 Å². The zero-order chi connectivity index (χ0) is 11.1. The molecule has 0 aliphatic rings. The predicted molar refractivity (Wildman–Crippen MR) is 62.8 cm³/mol. The van der Waals surface area contributed by atoms with E-state index in [2.05, 4.69) is 32.7 Å². The monoisotopic (exact) mass is 212 g/mol. The Labute approximate surface area is 90.6 Å². The van der Waals surface area contributed by atoms with Crippen molar-refractivity contribution in [2.75, 3.05) is 0 Å². The lowest BCUT2D eigenvalue weighted by Gasteiger charge is -2.17. The van der Waals surface area contributed by atoms with Crippen molar-refractivity contribution in [1.29, 1.82) is 0 Å². The van der Waals surface area contributed by atoms with Gasteiger partial charge >= 0.3 is 0 Å². The molecule has 0 radical (unpaired) electrons. The topological polar surface area (TPSA) is 38.9 Å². The highest BCUT2D eigenvalue weighted by Crippen LogP contribution is 2.32. The Morgan fingerprint density at radius 2 is 1.64 bits per heavy atom. The fourth-order valence-corrected chi connectivity index (χ4v) is 2.51. The van der Waals surface area contributed by atoms with Crippen LogP contribution >= 0.6 is 11.3 Å². The van der Waals surface area contributed by atoms with Crippen LogP contribution in [0.15, 0.2) is 0 Å². The molecule has 2 nitrogen and oxygen atoms in total. The normalized spacial score (nSPS) is 13.4. The molecule has 0 amide bonds. The maximum atomic E-state index is 6.03. The molecule has 14 heavy (non-hydrogen) atoms. The molecule has 80 valence electrons. The standard InChI is InChI=1S/C11H20N2S/c1-7-8(10(2,3)4)13-9(14-7)11(5,6)12/h12H2,1-6H3. The number of hydrogen-bond donors (Lipinski definition) is 1. The second-order valence-electron chi connectivity index (χ2n) is 5.40. The third kappa shape index (κ3) is 2.34. The molecule has 3 heteroatoms. The maximum absolute atomic E-state index is 6.03. The Bertz CT molecular complexity index is 326. The van der Waals surface area contributed by atoms with E-state index in [0.717, 1.165) is 5.01 Å². The van der Waals surface area contributed by atoms with E-state index in [1.54, 1.807) is 11.3 Å². The van der Waals surface area contributed by atoms with Crippen LogP contribution in [0.5, 0.6) is 0 Å². The van der Waals surface area contributed by atoms with Crippen LogP contribution in [0.1, 0.15) is 50.2 Å². The minimum absolute atomic E-state index is 0.115. The Hall–Kier alpha value is -0.410. The molecule has 1 heterocycles. The van der Waals surface area contributed by atoms with Gasteiger partial charge in [0.05, 0.1) is 11.2 Å². The van der Waals surface area contributed by atoms with Crippen molar-refractivity contribution in [1.82, 2.24) is 4.98 Å². The zero-order valence-electron chi connectivity index (χ0n) is 9.93. The lowest BCUT2D eigenvalue weighted by molar-refractivity contribution is 0.528. The van der Waals surface area contributed by atoms with Gasteiger partial charge in [-0.1, -0.05) is 20.8 Å². The first-order chi connectivity index (χ1) is 6.12. The van der Waals surface area contributed by atoms with E-state index < -0.39 is 0 Å². The fraction of sp³-hybridized carbons (Fsp3) is 0.727. The first kappa shape index (κ1) is 11.7. The van der Waals surface area contributed by atoms with Gasteiger partial charge in [-0.05, 0) is 20.8 Å². The summed E-state index contributed by atoms with van der Waals surface area (Å²) in [5.41, 5.74) is 7.00. The van der Waals surface area contributed by atoms with Gasteiger partial charge in [0.15, 0.2) is 0 Å². The molecule has 0 aliphatic carbocycles. The summed E-state index contributed by atoms with van der Waals surface area (Å²) in [6.07, 6.45) is 0. The first-order valence-electron chi connectivity index (χ1n) is 4.89. The Balaban J connectivity index is 3.19. The lowest BCUT2D eigenvalue weighted by atomic mass is 9.91. The van der Waals surface area contributed by atoms with E-state index in [-0.39, 0.29) is 11.0 Å². The summed E-state index contributed by atoms with van der Waals surface area (Å²) in [4.78, 5) is 5.93. The number of aryl methyl sites for hydroxylation is 1. The predicted octanol–water partition coefficient (Wildman–Crippen LogP) is 2.94. The molecule has 1 aromatic rings. The second-order valence-corrected chi connectivity index (χ2v) is 6.60. The highest BCUT2D eigenvalue weighted by Gasteiger charge is 2.25. The quantitative estimate of drug-likeness (QED) is 0.777. The van der Waals surface area contributed by atoms with Crippen molar-refractivity contribution in [3.05, 3.63) is 15.6 Å². The van der Waals surface area contributed by atoms with E-state index in [1.165, 1.54) is 10.6 Å². The Kier molecular flexibility index (Phi) is 2.76. The maximum Gasteiger partial charge on any atom is 0.112 e. The average Bonchev–Trinajstić information content (AvgIpc) is 2.27. The average molecular weight is 212 g/mol. The summed E-state index contributed by atoms with van der Waals surface area (Å²) in [6.45, 7) is 12.7. The van der Waals surface area contributed by atoms with Crippen molar-refractivity contribution in [3.8, 4) is 0 Å². The fourth-order valence-electron chi connectivity index (χ4n) is 1.37. The van der Waals surface area contributed by atoms with E-state index in [9.17, 15) is 0 Å². The van der Waals surface area contributed by atoms with Crippen LogP contribution in [-0.2, 0) is 11.0 Å². The lowest BCUT2D eigenvalue weighted by Crippen LogP contribution is -2.28. The molecule has 0 aromatic carbocycles. The van der Waals surface area contributed by atoms with Crippen LogP contribution in [0.3, 0.4) is 0 Å². The van der Waals surface area contributed by atoms with Gasteiger partial charge in [0.1, 0.15) is 5.01 Å². The van der Waals surface area contributed by atoms with E-state index >= 15 is 0 Å². The number of thiazole rings is 1. The molecule has 0 atom stereocenters. The molecule has 1 aromatic heterocycles. The third-order valence-electron chi connectivity index (χ3n) is 2.06. The molecule has 0 aliphatic heterocycles. The number of rotatable bonds is 1. The smallest absolute Gasteiger partial charge is 0.112 e. The second kappa shape index (κ2) is 3.31. The molecule has 0 unspecified atom stereocenters. The SMILES string of the molecule is Cc1sc(C(C)(C)N)nc1C(C)(C)C. The molecule has 0 saturated carbocycles. The molecule has 0 spiro atoms. The summed E-state index contributed by atoms with van der Waals surface area (Å²) in [7, 11) is 0. The summed E-state index contributed by atoms with van der Waals surface area (Å²) >= 11 is 1.71. The number of nitrogens with zero attached hydrogens (tertiary/aromatic N) is 1. The van der Waals surface area contributed by atoms with Crippen molar-refractivity contribution in [3.63, 3.8) is 0 Å². The van der Waals surface area contributed by atoms with Crippen molar-refractivity contribution in [2.45, 2.75) is 52.5 Å². The molecule has 0 saturated heterocycles. The van der Waals surface area contributed by atoms with Gasteiger partial charge in [-0.2, -0.15) is 0 Å². The van der Waals surface area contributed by atoms with Crippen LogP contribution in [0.2, 0.25) is 0 Å². The first-order valence-corrected chi connectivity index (χ1v) is 5.71. The Morgan fingerprint density at radius 1 is 1.14 bits per heavy atom. The van der Waals surface area contributed by atoms with Gasteiger partial charge in [-0.25, -0.2) is 4.98 Å². The molecular formula is C11H20N2S. The van der Waals surface area contributed by atoms with Gasteiger partial charge in [-0.15, -0.1) is 11.3 Å². The third-order valence-corrected chi connectivity index (χ3v) is 3.37. The molecule has 0 bridgehead atoms. The summed E-state index contributed by atoms with van der Waals surface area (Å²) in [5.74, 6) is 0. The minimum Gasteiger partial charge on any atom is -0.320 e. The molecular weight excluding hydrogens is 192 g/mol. The van der Waals surface area contributed by atoms with Crippen molar-refractivity contribution < 1.29 is 0 Å². The van der Waals surface area contributed by atoms with Gasteiger partial charge in [-0.3, -0.25) is 0 Å². The van der Waals surface area contributed by atoms with Gasteiger partial charge in [0, 0.05) is 10.3 Å². The van der Waals surface area contributed by atoms with Gasteiger partial charge in [0.25, 0.3) is 0 Å². The number of hydrogen-bond acceptors (Lipinski definition) is 3. The largest absolute Gasteiger partial charge is 0.320 e. The van der Waals surface area contributed by atoms with Crippen LogP contribution in [0.25, 0.3) is 0 Å². The van der Waals surface area contributed by atoms with Gasteiger partial charge in [0.2, 0.25) is 0 Å². The van der Waals surface area contributed by atoms with E-state index in [1.807, 2.05) is 13.8 Å². The highest BCUT2D eigenvalue weighted by atomic mass is 32.1. The van der Waals surface area contributed by atoms with Crippen LogP contribution in [-0.4, -0.2) is 4.98 Å². The zero-order valence-corrected chi connectivity index (χ0v) is 10.7. The summed E-state index contributed by atoms with van der Waals surface area (Å²) < 4.78 is 0. The minimum atomic E-state index is -0.321. The van der Waals surface area contributed by atoms with E-state index in [4.69, 9.17) is 5.73 Å². The summed E-state index contributed by atoms with van der Waals surface area (Å²) in [6, 6.07) is 0. The highest BCUT2D eigenvalue weighted by molar-refractivity contribution is 7.11. The van der Waals surface area contributed by atoms with Crippen LogP contribution < -0.4 is 5.73 Å². The molecule has 2 N–H and O–H groups in total. The van der Waals surface area contributed by atoms with Crippen LogP contribution in [0.4, 0.5) is 0 Å². The van der Waals surface area contributed by atoms with Crippen LogP contribution in [0, 0.1) is 6.92 Å². The van der Waals surface area contributed by atoms with Gasteiger partial charge < -0.3 is 5.73 Å². The molecule has 0 fully saturated rings. The summed E-state index contributed by atoms with van der Waals surface area (Å²) in [5, 5.41) is 1.03. The van der Waals surface area contributed by atoms with E-state index in [0.29, 0.717) is 0 Å². The molecule has 1 rings (SSSR count). The Morgan fingerprint density at radius 3 is 1.86 bits per heavy atom. The number of aromatic nitrogens is 1. The number of nitrogens with two attached hydrogens (primary N) is 1. The van der Waals surface area contributed by atoms with Crippen molar-refractivity contribution in [2.24, 2.45) is 5.73 Å².